The van der Waals surface area contributed by atoms with Crippen molar-refractivity contribution in [1.29, 1.82) is 0 Å². The first kappa shape index (κ1) is 12.6. The van der Waals surface area contributed by atoms with E-state index in [1.165, 1.54) is 11.3 Å². The Morgan fingerprint density at radius 3 is 3.00 bits per heavy atom. The van der Waals surface area contributed by atoms with E-state index in [2.05, 4.69) is 10.4 Å². The van der Waals surface area contributed by atoms with Crippen LogP contribution in [0.4, 0.5) is 0 Å². The first-order chi connectivity index (χ1) is 8.56. The summed E-state index contributed by atoms with van der Waals surface area (Å²) in [6.07, 6.45) is 0. The second-order valence-corrected chi connectivity index (χ2v) is 4.98. The van der Waals surface area contributed by atoms with Gasteiger partial charge in [0.15, 0.2) is 0 Å². The van der Waals surface area contributed by atoms with Crippen LogP contribution in [0, 0.1) is 0 Å². The monoisotopic (exact) mass is 267 g/mol. The average molecular weight is 267 g/mol. The zero-order valence-electron chi connectivity index (χ0n) is 10.0. The molecule has 0 unspecified atom stereocenters. The fourth-order valence-electron chi connectivity index (χ4n) is 1.41. The van der Waals surface area contributed by atoms with Crippen LogP contribution in [0.1, 0.15) is 13.8 Å². The van der Waals surface area contributed by atoms with Crippen LogP contribution in [-0.2, 0) is 11.3 Å². The fourth-order valence-corrected chi connectivity index (χ4v) is 2.05. The van der Waals surface area contributed by atoms with Crippen LogP contribution in [0.3, 0.4) is 0 Å². The van der Waals surface area contributed by atoms with Gasteiger partial charge in [0.25, 0.3) is 5.89 Å². The highest BCUT2D eigenvalue weighted by atomic mass is 32.1. The van der Waals surface area contributed by atoms with Crippen LogP contribution in [0.2, 0.25) is 0 Å². The van der Waals surface area contributed by atoms with Crippen molar-refractivity contribution in [3.05, 3.63) is 28.1 Å². The molecule has 18 heavy (non-hydrogen) atoms. The van der Waals surface area contributed by atoms with E-state index in [1.54, 1.807) is 6.07 Å². The Labute approximate surface area is 107 Å². The van der Waals surface area contributed by atoms with Gasteiger partial charge in [-0.15, -0.1) is 16.4 Å². The molecular formula is C11H13N3O3S. The van der Waals surface area contributed by atoms with E-state index in [-0.39, 0.29) is 24.4 Å². The fraction of sp³-hybridized carbons (Fsp3) is 0.364. The Morgan fingerprint density at radius 2 is 2.39 bits per heavy atom. The van der Waals surface area contributed by atoms with Crippen molar-refractivity contribution in [3.8, 4) is 10.8 Å². The molecule has 0 atom stereocenters. The number of carbonyl (C=O) groups excluding carboxylic acids is 1. The summed E-state index contributed by atoms with van der Waals surface area (Å²) in [4.78, 5) is 23.8. The van der Waals surface area contributed by atoms with E-state index in [1.807, 2.05) is 25.3 Å². The van der Waals surface area contributed by atoms with Gasteiger partial charge in [0, 0.05) is 6.04 Å². The zero-order chi connectivity index (χ0) is 13.1. The molecule has 1 N–H and O–H groups in total. The van der Waals surface area contributed by atoms with Crippen molar-refractivity contribution < 1.29 is 9.21 Å². The zero-order valence-corrected chi connectivity index (χ0v) is 10.9. The van der Waals surface area contributed by atoms with Crippen molar-refractivity contribution >= 4 is 17.2 Å². The number of carbonyl (C=O) groups is 1. The maximum absolute atomic E-state index is 11.5. The van der Waals surface area contributed by atoms with Gasteiger partial charge in [-0.1, -0.05) is 6.07 Å². The van der Waals surface area contributed by atoms with Gasteiger partial charge in [0.2, 0.25) is 5.91 Å². The van der Waals surface area contributed by atoms with Crippen LogP contribution in [0.15, 0.2) is 26.7 Å². The quantitative estimate of drug-likeness (QED) is 0.899. The topological polar surface area (TPSA) is 77.1 Å². The first-order valence-electron chi connectivity index (χ1n) is 5.47. The average Bonchev–Trinajstić information content (AvgIpc) is 2.87. The standard InChI is InChI=1S/C11H13N3O3S/c1-7(2)12-9(15)6-14-11(16)17-10(13-14)8-4-3-5-18-8/h3-5,7H,6H2,1-2H3,(H,12,15). The summed E-state index contributed by atoms with van der Waals surface area (Å²) >= 11 is 1.42. The molecule has 0 aromatic carbocycles. The van der Waals surface area contributed by atoms with Crippen molar-refractivity contribution in [2.24, 2.45) is 0 Å². The molecule has 1 amide bonds. The number of aromatic nitrogens is 2. The third-order valence-corrected chi connectivity index (χ3v) is 2.94. The van der Waals surface area contributed by atoms with Gasteiger partial charge in [0.1, 0.15) is 6.54 Å². The van der Waals surface area contributed by atoms with Gasteiger partial charge in [-0.25, -0.2) is 4.79 Å². The van der Waals surface area contributed by atoms with Gasteiger partial charge >= 0.3 is 5.76 Å². The second kappa shape index (κ2) is 5.18. The summed E-state index contributed by atoms with van der Waals surface area (Å²) in [6.45, 7) is 3.56. The number of hydrogen-bond donors (Lipinski definition) is 1. The van der Waals surface area contributed by atoms with E-state index in [0.717, 1.165) is 9.56 Å². The number of rotatable bonds is 4. The Hall–Kier alpha value is -1.89. The molecule has 2 aromatic rings. The minimum absolute atomic E-state index is 0.0249. The lowest BCUT2D eigenvalue weighted by atomic mass is 10.4. The van der Waals surface area contributed by atoms with Crippen molar-refractivity contribution in [2.45, 2.75) is 26.4 Å². The molecule has 0 radical (unpaired) electrons. The van der Waals surface area contributed by atoms with E-state index in [0.29, 0.717) is 0 Å². The Balaban J connectivity index is 2.15. The SMILES string of the molecule is CC(C)NC(=O)Cn1nc(-c2cccs2)oc1=O. The molecule has 2 heterocycles. The van der Waals surface area contributed by atoms with Crippen LogP contribution >= 0.6 is 11.3 Å². The van der Waals surface area contributed by atoms with E-state index < -0.39 is 5.76 Å². The van der Waals surface area contributed by atoms with Crippen LogP contribution < -0.4 is 11.1 Å². The lowest BCUT2D eigenvalue weighted by molar-refractivity contribution is -0.122. The van der Waals surface area contributed by atoms with Crippen LogP contribution in [0.25, 0.3) is 10.8 Å². The number of amides is 1. The van der Waals surface area contributed by atoms with Crippen molar-refractivity contribution in [3.63, 3.8) is 0 Å². The maximum Gasteiger partial charge on any atom is 0.437 e. The lowest BCUT2D eigenvalue weighted by Crippen LogP contribution is -2.35. The highest BCUT2D eigenvalue weighted by Crippen LogP contribution is 2.20. The number of nitrogens with zero attached hydrogens (tertiary/aromatic N) is 2. The number of thiophene rings is 1. The predicted octanol–water partition coefficient (Wildman–Crippen LogP) is 1.09. The molecule has 0 saturated carbocycles. The Kier molecular flexibility index (Phi) is 3.61. The van der Waals surface area contributed by atoms with Gasteiger partial charge < -0.3 is 9.73 Å². The molecule has 2 aromatic heterocycles. The van der Waals surface area contributed by atoms with Gasteiger partial charge in [-0.05, 0) is 25.3 Å². The largest absolute Gasteiger partial charge is 0.437 e. The van der Waals surface area contributed by atoms with E-state index in [4.69, 9.17) is 4.42 Å². The normalized spacial score (nSPS) is 10.8. The Bertz CT molecular complexity index is 583. The molecule has 0 aliphatic heterocycles. The first-order valence-corrected chi connectivity index (χ1v) is 6.35. The molecule has 0 aliphatic carbocycles. The molecular weight excluding hydrogens is 254 g/mol. The summed E-state index contributed by atoms with van der Waals surface area (Å²) in [7, 11) is 0. The molecule has 0 spiro atoms. The van der Waals surface area contributed by atoms with Gasteiger partial charge in [-0.3, -0.25) is 4.79 Å². The third-order valence-electron chi connectivity index (χ3n) is 2.08. The lowest BCUT2D eigenvalue weighted by Gasteiger charge is -2.06. The highest BCUT2D eigenvalue weighted by Gasteiger charge is 2.13. The molecule has 0 aliphatic rings. The van der Waals surface area contributed by atoms with Crippen LogP contribution in [0.5, 0.6) is 0 Å². The minimum Gasteiger partial charge on any atom is -0.387 e. The summed E-state index contributed by atoms with van der Waals surface area (Å²) in [5.41, 5.74) is 0. The van der Waals surface area contributed by atoms with Crippen molar-refractivity contribution in [1.82, 2.24) is 15.1 Å². The highest BCUT2D eigenvalue weighted by molar-refractivity contribution is 7.13. The van der Waals surface area contributed by atoms with Crippen molar-refractivity contribution in [2.75, 3.05) is 0 Å². The summed E-state index contributed by atoms with van der Waals surface area (Å²) < 4.78 is 6.01. The smallest absolute Gasteiger partial charge is 0.387 e. The summed E-state index contributed by atoms with van der Waals surface area (Å²) in [5.74, 6) is -0.650. The molecule has 7 heteroatoms. The second-order valence-electron chi connectivity index (χ2n) is 4.03. The minimum atomic E-state index is -0.627. The number of nitrogens with one attached hydrogen (secondary N) is 1. The molecule has 0 saturated heterocycles. The van der Waals surface area contributed by atoms with E-state index in [9.17, 15) is 9.59 Å². The molecule has 6 nitrogen and oxygen atoms in total. The van der Waals surface area contributed by atoms with Crippen LogP contribution in [-0.4, -0.2) is 21.7 Å². The van der Waals surface area contributed by atoms with Gasteiger partial charge in [0.05, 0.1) is 4.88 Å². The maximum atomic E-state index is 11.5. The summed E-state index contributed by atoms with van der Waals surface area (Å²) in [5, 5.41) is 8.53. The predicted molar refractivity (Wildman–Crippen MR) is 67.4 cm³/mol. The third kappa shape index (κ3) is 2.86. The number of hydrogen-bond acceptors (Lipinski definition) is 5. The molecule has 2 rings (SSSR count). The molecule has 96 valence electrons. The summed E-state index contributed by atoms with van der Waals surface area (Å²) in [6, 6.07) is 3.66. The molecule has 0 bridgehead atoms. The van der Waals surface area contributed by atoms with Gasteiger partial charge in [-0.2, -0.15) is 4.68 Å². The van der Waals surface area contributed by atoms with E-state index >= 15 is 0 Å². The molecule has 0 fully saturated rings. The Morgan fingerprint density at radius 1 is 1.61 bits per heavy atom.